The zero-order valence-corrected chi connectivity index (χ0v) is 21.8. The zero-order valence-electron chi connectivity index (χ0n) is 20.3. The fourth-order valence-electron chi connectivity index (χ4n) is 4.21. The summed E-state index contributed by atoms with van der Waals surface area (Å²) < 4.78 is 5.54. The van der Waals surface area contributed by atoms with Crippen molar-refractivity contribution in [3.63, 3.8) is 0 Å². The number of benzene rings is 4. The lowest BCUT2D eigenvalue weighted by Crippen LogP contribution is -2.20. The molecule has 0 saturated heterocycles. The molecule has 1 aliphatic rings. The van der Waals surface area contributed by atoms with Crippen LogP contribution in [0.3, 0.4) is 0 Å². The van der Waals surface area contributed by atoms with Gasteiger partial charge in [0.15, 0.2) is 6.61 Å². The number of carbonyl (C=O) groups is 2. The molecule has 0 unspecified atom stereocenters. The van der Waals surface area contributed by atoms with Gasteiger partial charge in [-0.3, -0.25) is 9.59 Å². The van der Waals surface area contributed by atoms with Gasteiger partial charge in [-0.05, 0) is 64.2 Å². The van der Waals surface area contributed by atoms with Crippen LogP contribution in [0.2, 0.25) is 5.02 Å². The smallest absolute Gasteiger partial charge is 0.262 e. The van der Waals surface area contributed by atoms with E-state index in [0.29, 0.717) is 16.5 Å². The minimum atomic E-state index is -0.311. The first-order chi connectivity index (χ1) is 18.6. The van der Waals surface area contributed by atoms with Crippen LogP contribution >= 0.6 is 23.4 Å². The van der Waals surface area contributed by atoms with E-state index in [1.54, 1.807) is 66.5 Å². The molecule has 38 heavy (non-hydrogen) atoms. The lowest BCUT2D eigenvalue weighted by atomic mass is 10.1. The van der Waals surface area contributed by atoms with Crippen molar-refractivity contribution in [1.29, 1.82) is 0 Å². The van der Waals surface area contributed by atoms with Crippen LogP contribution in [0.25, 0.3) is 11.1 Å². The normalized spacial score (nSPS) is 12.1. The monoisotopic (exact) mass is 541 g/mol. The number of fused-ring (bicyclic) bond motifs is 3. The molecule has 0 atom stereocenters. The Bertz CT molecular complexity index is 1440. The molecule has 4 aromatic carbocycles. The van der Waals surface area contributed by atoms with E-state index in [4.69, 9.17) is 16.3 Å². The number of ether oxygens (including phenoxy) is 1. The second kappa shape index (κ2) is 12.0. The summed E-state index contributed by atoms with van der Waals surface area (Å²) >= 11 is 7.64. The maximum atomic E-state index is 12.5. The predicted octanol–water partition coefficient (Wildman–Crippen LogP) is 6.31. The van der Waals surface area contributed by atoms with Gasteiger partial charge in [-0.1, -0.05) is 72.3 Å². The molecule has 4 aromatic rings. The molecule has 0 heterocycles. The molecule has 0 bridgehead atoms. The molecule has 0 saturated carbocycles. The van der Waals surface area contributed by atoms with Crippen LogP contribution in [-0.2, 0) is 9.59 Å². The molecule has 0 radical (unpaired) electrons. The molecule has 5 rings (SSSR count). The second-order valence-corrected chi connectivity index (χ2v) is 10.0. The topological polar surface area (TPSA) is 79.8 Å². The third-order valence-electron chi connectivity index (χ3n) is 5.96. The molecule has 0 fully saturated rings. The minimum Gasteiger partial charge on any atom is -0.484 e. The van der Waals surface area contributed by atoms with E-state index in [1.165, 1.54) is 22.3 Å². The standard InChI is InChI=1S/C30H24ClN3O3S/c31-26-11-5-6-12-27(26)33-28(35)18-37-21-15-13-20(14-16-21)17-32-34-29(36)19-38-30-24-9-3-1-7-22(24)23-8-2-4-10-25(23)30/h1-17,30H,18-19H2,(H,33,35)(H,34,36)/b32-17+. The summed E-state index contributed by atoms with van der Waals surface area (Å²) in [5.41, 5.74) is 8.85. The van der Waals surface area contributed by atoms with Gasteiger partial charge in [0, 0.05) is 0 Å². The second-order valence-electron chi connectivity index (χ2n) is 8.54. The number of rotatable bonds is 9. The molecule has 0 aliphatic heterocycles. The van der Waals surface area contributed by atoms with Gasteiger partial charge in [0.1, 0.15) is 5.75 Å². The van der Waals surface area contributed by atoms with E-state index in [1.807, 2.05) is 24.3 Å². The third-order valence-corrected chi connectivity index (χ3v) is 7.56. The van der Waals surface area contributed by atoms with E-state index >= 15 is 0 Å². The van der Waals surface area contributed by atoms with E-state index in [9.17, 15) is 9.59 Å². The van der Waals surface area contributed by atoms with E-state index < -0.39 is 0 Å². The van der Waals surface area contributed by atoms with Gasteiger partial charge in [-0.2, -0.15) is 5.10 Å². The number of carbonyl (C=O) groups excluding carboxylic acids is 2. The average molecular weight is 542 g/mol. The predicted molar refractivity (Wildman–Crippen MR) is 154 cm³/mol. The lowest BCUT2D eigenvalue weighted by molar-refractivity contribution is -0.119. The summed E-state index contributed by atoms with van der Waals surface area (Å²) in [7, 11) is 0. The molecule has 190 valence electrons. The fraction of sp³-hybridized carbons (Fsp3) is 0.100. The maximum Gasteiger partial charge on any atom is 0.262 e. The lowest BCUT2D eigenvalue weighted by Gasteiger charge is -2.12. The largest absolute Gasteiger partial charge is 0.484 e. The molecule has 6 nitrogen and oxygen atoms in total. The molecular weight excluding hydrogens is 518 g/mol. The Hall–Kier alpha value is -4.07. The van der Waals surface area contributed by atoms with Crippen LogP contribution in [0, 0.1) is 0 Å². The summed E-state index contributed by atoms with van der Waals surface area (Å²) in [6, 6.07) is 30.7. The SMILES string of the molecule is O=C(CSC1c2ccccc2-c2ccccc21)N/N=C/c1ccc(OCC(=O)Nc2ccccc2Cl)cc1. The Morgan fingerprint density at radius 2 is 1.47 bits per heavy atom. The highest BCUT2D eigenvalue weighted by Crippen LogP contribution is 2.49. The highest BCUT2D eigenvalue weighted by atomic mass is 35.5. The molecular formula is C30H24ClN3O3S. The summed E-state index contributed by atoms with van der Waals surface area (Å²) in [6.07, 6.45) is 1.57. The van der Waals surface area contributed by atoms with Crippen molar-refractivity contribution in [1.82, 2.24) is 5.43 Å². The number of hydrogen-bond acceptors (Lipinski definition) is 5. The van der Waals surface area contributed by atoms with Crippen LogP contribution in [0.5, 0.6) is 5.75 Å². The number of hydrogen-bond donors (Lipinski definition) is 2. The van der Waals surface area contributed by atoms with E-state index in [-0.39, 0.29) is 29.4 Å². The Labute approximate surface area is 230 Å². The summed E-state index contributed by atoms with van der Waals surface area (Å²) in [5, 5.41) is 7.37. The number of hydrazone groups is 1. The van der Waals surface area contributed by atoms with Crippen molar-refractivity contribution in [2.45, 2.75) is 5.25 Å². The fourth-order valence-corrected chi connectivity index (χ4v) is 5.54. The number of para-hydroxylation sites is 1. The number of anilines is 1. The van der Waals surface area contributed by atoms with E-state index in [2.05, 4.69) is 40.1 Å². The van der Waals surface area contributed by atoms with Gasteiger partial charge in [-0.15, -0.1) is 11.8 Å². The molecule has 1 aliphatic carbocycles. The maximum absolute atomic E-state index is 12.5. The van der Waals surface area contributed by atoms with Crippen molar-refractivity contribution < 1.29 is 14.3 Å². The highest BCUT2D eigenvalue weighted by Gasteiger charge is 2.28. The number of halogens is 1. The molecule has 2 N–H and O–H groups in total. The number of thioether (sulfide) groups is 1. The van der Waals surface area contributed by atoms with Crippen molar-refractivity contribution >= 4 is 47.1 Å². The zero-order chi connectivity index (χ0) is 26.3. The van der Waals surface area contributed by atoms with Crippen LogP contribution in [-0.4, -0.2) is 30.4 Å². The Morgan fingerprint density at radius 3 is 2.16 bits per heavy atom. The number of nitrogens with one attached hydrogen (secondary N) is 2. The van der Waals surface area contributed by atoms with Gasteiger partial charge in [-0.25, -0.2) is 5.43 Å². The summed E-state index contributed by atoms with van der Waals surface area (Å²) in [5.74, 6) is 0.341. The summed E-state index contributed by atoms with van der Waals surface area (Å²) in [4.78, 5) is 24.6. The molecule has 0 spiro atoms. The van der Waals surface area contributed by atoms with E-state index in [0.717, 1.165) is 5.56 Å². The van der Waals surface area contributed by atoms with Gasteiger partial charge >= 0.3 is 0 Å². The average Bonchev–Trinajstić information content (AvgIpc) is 3.26. The molecule has 0 aromatic heterocycles. The van der Waals surface area contributed by atoms with Crippen LogP contribution in [0.15, 0.2) is 102 Å². The minimum absolute atomic E-state index is 0.122. The Kier molecular flexibility index (Phi) is 8.06. The third kappa shape index (κ3) is 6.07. The van der Waals surface area contributed by atoms with Crippen molar-refractivity contribution in [3.05, 3.63) is 119 Å². The van der Waals surface area contributed by atoms with Crippen molar-refractivity contribution in [3.8, 4) is 16.9 Å². The molecule has 8 heteroatoms. The van der Waals surface area contributed by atoms with Crippen LogP contribution in [0.4, 0.5) is 5.69 Å². The quantitative estimate of drug-likeness (QED) is 0.192. The highest BCUT2D eigenvalue weighted by molar-refractivity contribution is 8.00. The Balaban J connectivity index is 1.08. The number of nitrogens with zero attached hydrogens (tertiary/aromatic N) is 1. The number of amides is 2. The summed E-state index contributed by atoms with van der Waals surface area (Å²) in [6.45, 7) is -0.150. The first-order valence-electron chi connectivity index (χ1n) is 12.0. The first-order valence-corrected chi connectivity index (χ1v) is 13.4. The van der Waals surface area contributed by atoms with Crippen molar-refractivity contribution in [2.75, 3.05) is 17.7 Å². The Morgan fingerprint density at radius 1 is 0.842 bits per heavy atom. The van der Waals surface area contributed by atoms with Crippen LogP contribution in [0.1, 0.15) is 21.9 Å². The van der Waals surface area contributed by atoms with Crippen molar-refractivity contribution in [2.24, 2.45) is 5.10 Å². The van der Waals surface area contributed by atoms with Crippen LogP contribution < -0.4 is 15.5 Å². The van der Waals surface area contributed by atoms with Gasteiger partial charge in [0.05, 0.1) is 27.9 Å². The van der Waals surface area contributed by atoms with Gasteiger partial charge in [0.25, 0.3) is 5.91 Å². The van der Waals surface area contributed by atoms with Gasteiger partial charge < -0.3 is 10.1 Å². The molecule has 2 amide bonds. The van der Waals surface area contributed by atoms with Gasteiger partial charge in [0.2, 0.25) is 5.91 Å². The first kappa shape index (κ1) is 25.6.